The first-order valence-electron chi connectivity index (χ1n) is 14.0. The lowest BCUT2D eigenvalue weighted by Gasteiger charge is -2.32. The zero-order valence-corrected chi connectivity index (χ0v) is 26.7. The molecular weight excluding hydrogens is 682 g/mol. The zero-order chi connectivity index (χ0) is 35.3. The van der Waals surface area contributed by atoms with E-state index in [0.29, 0.717) is 17.2 Å². The maximum absolute atomic E-state index is 12.9. The van der Waals surface area contributed by atoms with Gasteiger partial charge in [-0.1, -0.05) is 4.68 Å². The van der Waals surface area contributed by atoms with E-state index in [-0.39, 0.29) is 34.0 Å². The molecule has 2 aromatic heterocycles. The van der Waals surface area contributed by atoms with Crippen molar-refractivity contribution < 1.29 is 45.2 Å². The van der Waals surface area contributed by atoms with E-state index >= 15 is 0 Å². The van der Waals surface area contributed by atoms with Gasteiger partial charge >= 0.3 is 5.66 Å². The van der Waals surface area contributed by atoms with Crippen LogP contribution in [0.15, 0.2) is 126 Å². The van der Waals surface area contributed by atoms with Crippen molar-refractivity contribution in [1.29, 1.82) is 0 Å². The molecule has 5 aromatic rings. The molecule has 1 unspecified atom stereocenters. The number of nitro benzene ring substituents is 2. The van der Waals surface area contributed by atoms with Gasteiger partial charge in [0, 0.05) is 36.7 Å². The molecule has 0 bridgehead atoms. The van der Waals surface area contributed by atoms with E-state index in [4.69, 9.17) is 4.74 Å². The summed E-state index contributed by atoms with van der Waals surface area (Å²) in [4.78, 5) is 20.5. The maximum atomic E-state index is 12.9. The Morgan fingerprint density at radius 1 is 0.776 bits per heavy atom. The third-order valence-electron chi connectivity index (χ3n) is 7.95. The fraction of sp³-hybridized carbons (Fsp3) is 0.0645. The number of methoxy groups -OCH3 is 1. The molecule has 49 heavy (non-hydrogen) atoms. The highest BCUT2D eigenvalue weighted by Crippen LogP contribution is 2.49. The molecule has 0 radical (unpaired) electrons. The summed E-state index contributed by atoms with van der Waals surface area (Å²) < 4.78 is 80.5. The van der Waals surface area contributed by atoms with E-state index in [1.807, 2.05) is 0 Å². The van der Waals surface area contributed by atoms with E-state index in [9.17, 15) is 46.2 Å². The van der Waals surface area contributed by atoms with Crippen molar-refractivity contribution in [3.05, 3.63) is 153 Å². The van der Waals surface area contributed by atoms with E-state index in [0.717, 1.165) is 12.1 Å². The molecule has 1 atom stereocenters. The molecule has 0 aliphatic carbocycles. The monoisotopic (exact) mass is 706 g/mol. The number of rotatable bonds is 10. The Bertz CT molecular complexity index is 2420. The quantitative estimate of drug-likeness (QED) is 0.0899. The Morgan fingerprint density at radius 2 is 1.37 bits per heavy atom. The van der Waals surface area contributed by atoms with Crippen molar-refractivity contribution in [2.45, 2.75) is 15.5 Å². The first kappa shape index (κ1) is 33.0. The molecule has 6 rings (SSSR count). The topological polar surface area (TPSA) is 217 Å². The molecule has 0 saturated carbocycles. The summed E-state index contributed by atoms with van der Waals surface area (Å²) in [6.07, 6.45) is 8.11. The summed E-state index contributed by atoms with van der Waals surface area (Å²) in [5.74, 6) is 0.0332. The molecule has 0 saturated heterocycles. The predicted molar refractivity (Wildman–Crippen MR) is 173 cm³/mol. The number of aromatic nitrogens is 2. The van der Waals surface area contributed by atoms with Crippen molar-refractivity contribution in [3.8, 4) is 5.75 Å². The van der Waals surface area contributed by atoms with Crippen molar-refractivity contribution >= 4 is 42.9 Å². The third kappa shape index (κ3) is 5.57. The standard InChI is InChI=1S/C31H23N5O11S2/c1-47-29-18-23(36(39)40)10-13-26(29)31(32-14-2-3-15-32)27(21-6-8-22(9-7-21)35(37)38)20-28(34(31)33-16-4-5-17-33)25-12-11-24(48(41,42)43)19-30(25)49(44,45)46/h2-20H,1H3,(H-,41,42,43,44,45,46)/p+1. The highest BCUT2D eigenvalue weighted by Gasteiger charge is 2.58. The smallest absolute Gasteiger partial charge is 0.328 e. The molecule has 3 aromatic carbocycles. The van der Waals surface area contributed by atoms with Crippen LogP contribution in [-0.2, 0) is 25.9 Å². The lowest BCUT2D eigenvalue weighted by atomic mass is 9.86. The number of ether oxygens (including phenoxy) is 1. The van der Waals surface area contributed by atoms with Crippen LogP contribution in [0, 0.1) is 20.2 Å². The van der Waals surface area contributed by atoms with Crippen LogP contribution in [0.2, 0.25) is 0 Å². The fourth-order valence-electron chi connectivity index (χ4n) is 5.94. The summed E-state index contributed by atoms with van der Waals surface area (Å²) >= 11 is 0. The second-order valence-electron chi connectivity index (χ2n) is 10.6. The molecule has 250 valence electrons. The number of nitrogens with zero attached hydrogens (tertiary/aromatic N) is 5. The van der Waals surface area contributed by atoms with E-state index in [1.54, 1.807) is 69.1 Å². The minimum Gasteiger partial charge on any atom is -0.496 e. The summed E-state index contributed by atoms with van der Waals surface area (Å²) in [6.45, 7) is 0. The molecule has 16 nitrogen and oxygen atoms in total. The first-order valence-corrected chi connectivity index (χ1v) is 16.9. The average Bonchev–Trinajstić information content (AvgIpc) is 3.84. The minimum absolute atomic E-state index is 0.0332. The molecule has 3 heterocycles. The van der Waals surface area contributed by atoms with Crippen LogP contribution in [-0.4, -0.2) is 62.5 Å². The van der Waals surface area contributed by atoms with Crippen molar-refractivity contribution in [3.63, 3.8) is 0 Å². The highest BCUT2D eigenvalue weighted by molar-refractivity contribution is 7.86. The van der Waals surface area contributed by atoms with Crippen LogP contribution in [0.5, 0.6) is 5.75 Å². The molecular formula is C31H24N5O11S2+. The van der Waals surface area contributed by atoms with Crippen LogP contribution >= 0.6 is 0 Å². The zero-order valence-electron chi connectivity index (χ0n) is 25.1. The Morgan fingerprint density at radius 3 is 1.92 bits per heavy atom. The Balaban J connectivity index is 1.85. The molecule has 0 spiro atoms. The van der Waals surface area contributed by atoms with Crippen LogP contribution in [0.4, 0.5) is 11.4 Å². The maximum Gasteiger partial charge on any atom is 0.328 e. The van der Waals surface area contributed by atoms with Crippen molar-refractivity contribution in [2.75, 3.05) is 7.11 Å². The fourth-order valence-corrected chi connectivity index (χ4v) is 7.25. The largest absolute Gasteiger partial charge is 0.496 e. The normalized spacial score (nSPS) is 16.4. The first-order chi connectivity index (χ1) is 23.2. The van der Waals surface area contributed by atoms with Gasteiger partial charge in [-0.3, -0.25) is 33.9 Å². The van der Waals surface area contributed by atoms with Gasteiger partial charge in [-0.2, -0.15) is 16.8 Å². The molecule has 18 heteroatoms. The second-order valence-corrected chi connectivity index (χ2v) is 13.4. The summed E-state index contributed by atoms with van der Waals surface area (Å²) in [6, 6.07) is 18.8. The summed E-state index contributed by atoms with van der Waals surface area (Å²) in [5, 5.41) is 23.4. The molecule has 2 N–H and O–H groups in total. The van der Waals surface area contributed by atoms with Gasteiger partial charge in [0.25, 0.3) is 31.6 Å². The van der Waals surface area contributed by atoms with Gasteiger partial charge in [0.1, 0.15) is 10.6 Å². The third-order valence-corrected chi connectivity index (χ3v) is 9.70. The van der Waals surface area contributed by atoms with Crippen LogP contribution in [0.3, 0.4) is 0 Å². The van der Waals surface area contributed by atoms with Gasteiger partial charge in [-0.05, 0) is 66.2 Å². The Labute approximate surface area is 277 Å². The van der Waals surface area contributed by atoms with Gasteiger partial charge in [-0.15, -0.1) is 4.68 Å². The minimum atomic E-state index is -5.17. The summed E-state index contributed by atoms with van der Waals surface area (Å²) in [7, 11) is -8.78. The van der Waals surface area contributed by atoms with Crippen LogP contribution in [0.1, 0.15) is 16.7 Å². The average molecular weight is 707 g/mol. The van der Waals surface area contributed by atoms with Crippen LogP contribution in [0.25, 0.3) is 5.57 Å². The number of benzene rings is 3. The van der Waals surface area contributed by atoms with Crippen molar-refractivity contribution in [2.24, 2.45) is 0 Å². The predicted octanol–water partition coefficient (Wildman–Crippen LogP) is 4.37. The van der Waals surface area contributed by atoms with E-state index < -0.39 is 45.5 Å². The molecule has 1 aliphatic heterocycles. The number of hydrogen-bond donors (Lipinski definition) is 2. The van der Waals surface area contributed by atoms with E-state index in [1.165, 1.54) is 49.6 Å². The van der Waals surface area contributed by atoms with Gasteiger partial charge in [0.15, 0.2) is 0 Å². The number of hydrogen-bond acceptors (Lipinski definition) is 9. The molecule has 0 fully saturated rings. The lowest BCUT2D eigenvalue weighted by molar-refractivity contribution is -0.655. The number of nitro groups is 2. The van der Waals surface area contributed by atoms with Gasteiger partial charge in [0.2, 0.25) is 5.71 Å². The second kappa shape index (κ2) is 11.9. The Hall–Kier alpha value is -5.95. The van der Waals surface area contributed by atoms with Gasteiger partial charge in [0.05, 0.1) is 57.0 Å². The van der Waals surface area contributed by atoms with E-state index in [2.05, 4.69) is 0 Å². The molecule has 1 aliphatic rings. The van der Waals surface area contributed by atoms with Gasteiger partial charge in [-0.25, -0.2) is 0 Å². The number of non-ortho nitro benzene ring substituents is 2. The Kier molecular flexibility index (Phi) is 8.03. The van der Waals surface area contributed by atoms with Crippen LogP contribution < -0.4 is 4.74 Å². The summed E-state index contributed by atoms with van der Waals surface area (Å²) in [5.41, 5.74) is -1.34. The lowest BCUT2D eigenvalue weighted by Crippen LogP contribution is -2.48. The van der Waals surface area contributed by atoms with Crippen molar-refractivity contribution in [1.82, 2.24) is 9.24 Å². The molecule has 0 amide bonds. The van der Waals surface area contributed by atoms with Gasteiger partial charge < -0.3 is 4.74 Å². The highest BCUT2D eigenvalue weighted by atomic mass is 32.2. The SMILES string of the molecule is COc1cc([N+](=O)[O-])ccc1C1(n2cccc2)C(c2ccc([N+](=O)[O-])cc2)=CC(c2ccc(S(=O)(=O)O)cc2S(=O)(=O)O)=[N+]1n1cccc1. The number of allylic oxidation sites excluding steroid dienone is 1.